The van der Waals surface area contributed by atoms with Gasteiger partial charge in [-0.05, 0) is 27.7 Å². The SMILES string of the molecule is COc1cc(N2CC(C)(C)OC(C)(C)C2)c([N+](=O)[O-])cc1OC. The van der Waals surface area contributed by atoms with E-state index in [0.29, 0.717) is 30.3 Å². The molecule has 128 valence electrons. The van der Waals surface area contributed by atoms with Crippen LogP contribution in [-0.4, -0.2) is 43.4 Å². The van der Waals surface area contributed by atoms with Gasteiger partial charge in [-0.2, -0.15) is 0 Å². The Morgan fingerprint density at radius 1 is 1.09 bits per heavy atom. The first-order valence-corrected chi connectivity index (χ1v) is 7.44. The number of nitro groups is 1. The molecule has 0 saturated carbocycles. The number of morpholine rings is 1. The number of rotatable bonds is 4. The first-order valence-electron chi connectivity index (χ1n) is 7.44. The lowest BCUT2D eigenvalue weighted by Gasteiger charge is -2.47. The second-order valence-corrected chi connectivity index (χ2v) is 6.93. The highest BCUT2D eigenvalue weighted by Gasteiger charge is 2.40. The number of anilines is 1. The first-order chi connectivity index (χ1) is 10.6. The molecule has 7 heteroatoms. The normalized spacial score (nSPS) is 19.3. The topological polar surface area (TPSA) is 74.1 Å². The summed E-state index contributed by atoms with van der Waals surface area (Å²) in [5, 5.41) is 11.5. The van der Waals surface area contributed by atoms with Gasteiger partial charge in [0.2, 0.25) is 0 Å². The zero-order valence-corrected chi connectivity index (χ0v) is 14.5. The number of hydrogen-bond acceptors (Lipinski definition) is 6. The molecule has 23 heavy (non-hydrogen) atoms. The molecule has 1 aliphatic rings. The van der Waals surface area contributed by atoms with Crippen molar-refractivity contribution in [1.82, 2.24) is 0 Å². The van der Waals surface area contributed by atoms with Gasteiger partial charge in [0.15, 0.2) is 11.5 Å². The molecule has 0 spiro atoms. The smallest absolute Gasteiger partial charge is 0.296 e. The van der Waals surface area contributed by atoms with Gasteiger partial charge in [0, 0.05) is 19.2 Å². The summed E-state index contributed by atoms with van der Waals surface area (Å²) in [4.78, 5) is 13.1. The van der Waals surface area contributed by atoms with Crippen LogP contribution in [0.15, 0.2) is 12.1 Å². The van der Waals surface area contributed by atoms with E-state index in [1.807, 2.05) is 32.6 Å². The number of hydrogen-bond donors (Lipinski definition) is 0. The van der Waals surface area contributed by atoms with Crippen LogP contribution >= 0.6 is 0 Å². The maximum absolute atomic E-state index is 11.5. The van der Waals surface area contributed by atoms with Crippen molar-refractivity contribution in [2.24, 2.45) is 0 Å². The quantitative estimate of drug-likeness (QED) is 0.626. The van der Waals surface area contributed by atoms with Crippen LogP contribution in [0.5, 0.6) is 11.5 Å². The van der Waals surface area contributed by atoms with E-state index >= 15 is 0 Å². The van der Waals surface area contributed by atoms with Crippen LogP contribution in [0.2, 0.25) is 0 Å². The zero-order chi connectivity index (χ0) is 17.4. The molecule has 7 nitrogen and oxygen atoms in total. The summed E-state index contributed by atoms with van der Waals surface area (Å²) in [6, 6.07) is 3.07. The molecule has 0 N–H and O–H groups in total. The Morgan fingerprint density at radius 2 is 1.57 bits per heavy atom. The van der Waals surface area contributed by atoms with Gasteiger partial charge in [0.1, 0.15) is 5.69 Å². The average molecular weight is 324 g/mol. The maximum Gasteiger partial charge on any atom is 0.296 e. The lowest BCUT2D eigenvalue weighted by Crippen LogP contribution is -2.57. The largest absolute Gasteiger partial charge is 0.493 e. The lowest BCUT2D eigenvalue weighted by molar-refractivity contribution is -0.384. The monoisotopic (exact) mass is 324 g/mol. The number of methoxy groups -OCH3 is 2. The molecule has 1 fully saturated rings. The van der Waals surface area contributed by atoms with Crippen molar-refractivity contribution in [2.75, 3.05) is 32.2 Å². The van der Waals surface area contributed by atoms with Crippen LogP contribution in [0.3, 0.4) is 0 Å². The number of ether oxygens (including phenoxy) is 3. The van der Waals surface area contributed by atoms with Crippen molar-refractivity contribution >= 4 is 11.4 Å². The Kier molecular flexibility index (Phi) is 4.43. The lowest BCUT2D eigenvalue weighted by atomic mass is 9.98. The molecule has 1 aliphatic heterocycles. The van der Waals surface area contributed by atoms with E-state index in [-0.39, 0.29) is 5.69 Å². The summed E-state index contributed by atoms with van der Waals surface area (Å²) in [7, 11) is 2.98. The number of benzene rings is 1. The van der Waals surface area contributed by atoms with Gasteiger partial charge < -0.3 is 19.1 Å². The van der Waals surface area contributed by atoms with Gasteiger partial charge in [0.05, 0.1) is 36.4 Å². The summed E-state index contributed by atoms with van der Waals surface area (Å²) >= 11 is 0. The number of nitrogens with zero attached hydrogens (tertiary/aromatic N) is 2. The summed E-state index contributed by atoms with van der Waals surface area (Å²) in [5.74, 6) is 0.810. The molecular weight excluding hydrogens is 300 g/mol. The van der Waals surface area contributed by atoms with Gasteiger partial charge in [-0.25, -0.2) is 0 Å². The van der Waals surface area contributed by atoms with E-state index in [9.17, 15) is 10.1 Å². The van der Waals surface area contributed by atoms with E-state index in [1.165, 1.54) is 20.3 Å². The van der Waals surface area contributed by atoms with Crippen molar-refractivity contribution < 1.29 is 19.1 Å². The molecule has 0 aliphatic carbocycles. The third-order valence-corrected chi connectivity index (χ3v) is 3.71. The Labute approximate surface area is 136 Å². The van der Waals surface area contributed by atoms with E-state index < -0.39 is 16.1 Å². The fourth-order valence-corrected chi connectivity index (χ4v) is 3.22. The Morgan fingerprint density at radius 3 is 2.00 bits per heavy atom. The average Bonchev–Trinajstić information content (AvgIpc) is 2.42. The Hall–Kier alpha value is -2.02. The summed E-state index contributed by atoms with van der Waals surface area (Å²) in [5.41, 5.74) is -0.320. The summed E-state index contributed by atoms with van der Waals surface area (Å²) in [6.45, 7) is 9.02. The van der Waals surface area contributed by atoms with Crippen molar-refractivity contribution in [3.05, 3.63) is 22.2 Å². The molecular formula is C16H24N2O5. The van der Waals surface area contributed by atoms with Crippen molar-refractivity contribution in [3.63, 3.8) is 0 Å². The third-order valence-electron chi connectivity index (χ3n) is 3.71. The molecule has 1 heterocycles. The second kappa shape index (κ2) is 5.88. The fourth-order valence-electron chi connectivity index (χ4n) is 3.22. The summed E-state index contributed by atoms with van der Waals surface area (Å²) in [6.07, 6.45) is 0. The highest BCUT2D eigenvalue weighted by molar-refractivity contribution is 5.70. The predicted molar refractivity (Wildman–Crippen MR) is 87.7 cm³/mol. The molecule has 0 atom stereocenters. The van der Waals surface area contributed by atoms with Crippen LogP contribution in [0.25, 0.3) is 0 Å². The fraction of sp³-hybridized carbons (Fsp3) is 0.625. The molecule has 1 saturated heterocycles. The molecule has 0 amide bonds. The zero-order valence-electron chi connectivity index (χ0n) is 14.5. The van der Waals surface area contributed by atoms with Gasteiger partial charge in [0.25, 0.3) is 5.69 Å². The maximum atomic E-state index is 11.5. The molecule has 0 aromatic heterocycles. The highest BCUT2D eigenvalue weighted by Crippen LogP contribution is 2.42. The van der Waals surface area contributed by atoms with E-state index in [0.717, 1.165) is 0 Å². The molecule has 2 rings (SSSR count). The third kappa shape index (κ3) is 3.67. The summed E-state index contributed by atoms with van der Waals surface area (Å²) < 4.78 is 16.5. The van der Waals surface area contributed by atoms with Crippen molar-refractivity contribution in [2.45, 2.75) is 38.9 Å². The van der Waals surface area contributed by atoms with Gasteiger partial charge in [-0.1, -0.05) is 0 Å². The minimum atomic E-state index is -0.414. The molecule has 1 aromatic carbocycles. The predicted octanol–water partition coefficient (Wildman–Crippen LogP) is 3.01. The van der Waals surface area contributed by atoms with Gasteiger partial charge in [-0.3, -0.25) is 10.1 Å². The van der Waals surface area contributed by atoms with E-state index in [2.05, 4.69) is 0 Å². The molecule has 0 unspecified atom stereocenters. The minimum Gasteiger partial charge on any atom is -0.493 e. The molecule has 0 radical (unpaired) electrons. The van der Waals surface area contributed by atoms with Crippen LogP contribution in [-0.2, 0) is 4.74 Å². The van der Waals surface area contributed by atoms with Crippen molar-refractivity contribution in [1.29, 1.82) is 0 Å². The van der Waals surface area contributed by atoms with E-state index in [1.54, 1.807) is 6.07 Å². The number of nitro benzene ring substituents is 1. The van der Waals surface area contributed by atoms with Crippen molar-refractivity contribution in [3.8, 4) is 11.5 Å². The standard InChI is InChI=1S/C16H24N2O5/c1-15(2)9-17(10-16(3,4)23-15)11-7-13(21-5)14(22-6)8-12(11)18(19)20/h7-8H,9-10H2,1-6H3. The minimum absolute atomic E-state index is 0.00356. The van der Waals surface area contributed by atoms with Gasteiger partial charge >= 0.3 is 0 Å². The second-order valence-electron chi connectivity index (χ2n) is 6.93. The highest BCUT2D eigenvalue weighted by atomic mass is 16.6. The first kappa shape index (κ1) is 17.3. The van der Waals surface area contributed by atoms with Crippen LogP contribution < -0.4 is 14.4 Å². The molecule has 1 aromatic rings. The molecule has 0 bridgehead atoms. The van der Waals surface area contributed by atoms with E-state index in [4.69, 9.17) is 14.2 Å². The Bertz CT molecular complexity index is 597. The van der Waals surface area contributed by atoms with Crippen LogP contribution in [0.1, 0.15) is 27.7 Å². The Balaban J connectivity index is 2.54. The van der Waals surface area contributed by atoms with Crippen LogP contribution in [0.4, 0.5) is 11.4 Å². The van der Waals surface area contributed by atoms with Gasteiger partial charge in [-0.15, -0.1) is 0 Å². The van der Waals surface area contributed by atoms with Crippen LogP contribution in [0, 0.1) is 10.1 Å².